The lowest BCUT2D eigenvalue weighted by Gasteiger charge is -2.19. The van der Waals surface area contributed by atoms with Gasteiger partial charge in [0.05, 0.1) is 23.3 Å². The van der Waals surface area contributed by atoms with Gasteiger partial charge in [0.1, 0.15) is 48.7 Å². The number of aliphatic hydroxyl groups excluding tert-OH is 1. The van der Waals surface area contributed by atoms with E-state index >= 15 is 0 Å². The predicted molar refractivity (Wildman–Crippen MR) is 173 cm³/mol. The van der Waals surface area contributed by atoms with Crippen molar-refractivity contribution in [2.24, 2.45) is 0 Å². The molecular formula is C22H37N10O15P3+2. The number of H-pyrrole nitrogens is 1. The van der Waals surface area contributed by atoms with Crippen molar-refractivity contribution in [3.63, 3.8) is 0 Å². The van der Waals surface area contributed by atoms with Gasteiger partial charge in [0.25, 0.3) is 5.56 Å². The van der Waals surface area contributed by atoms with Crippen LogP contribution in [0.15, 0.2) is 17.4 Å². The summed E-state index contributed by atoms with van der Waals surface area (Å²) in [6, 6.07) is 0. The van der Waals surface area contributed by atoms with Crippen molar-refractivity contribution < 1.29 is 66.5 Å². The maximum Gasteiger partial charge on any atom is 0.649 e. The molecule has 7 unspecified atom stereocenters. The van der Waals surface area contributed by atoms with Crippen LogP contribution in [-0.4, -0.2) is 124 Å². The minimum Gasteiger partial charge on any atom is -0.386 e. The van der Waals surface area contributed by atoms with Gasteiger partial charge in [0, 0.05) is 25.9 Å². The molecule has 0 aliphatic carbocycles. The third kappa shape index (κ3) is 9.23. The van der Waals surface area contributed by atoms with Gasteiger partial charge in [-0.25, -0.2) is 15.0 Å². The fourth-order valence-corrected chi connectivity index (χ4v) is 8.09. The van der Waals surface area contributed by atoms with Crippen LogP contribution in [0, 0.1) is 0 Å². The molecule has 0 bridgehead atoms. The standard InChI is InChI=1S/C22H36N10O15P3/c1-24-14-18(30-22(23)31-20(14)34)29-21-15(33)16(40-3)11(44-21)7-42-48(35)46-50(38,39)47-49(36,37)45-41-6-10-4-5-12(43-10)32-9-28-13-17(25-2)26-8-27-19(13)32/h8-12,15-16,21,24,33,35-39H,4-7H2,1-3H3,(H4-,23,25,26,27,29,30,31,34)/q+1/p+1. The van der Waals surface area contributed by atoms with Crippen LogP contribution < -0.4 is 27.2 Å². The summed E-state index contributed by atoms with van der Waals surface area (Å²) >= 11 is 0. The third-order valence-electron chi connectivity index (χ3n) is 7.21. The zero-order chi connectivity index (χ0) is 36.2. The van der Waals surface area contributed by atoms with Gasteiger partial charge in [-0.2, -0.15) is 29.4 Å². The number of nitrogens with zero attached hydrogens (tertiary/aromatic N) is 5. The van der Waals surface area contributed by atoms with E-state index in [9.17, 15) is 34.4 Å². The van der Waals surface area contributed by atoms with Gasteiger partial charge >= 0.3 is 24.9 Å². The molecule has 0 saturated carbocycles. The molecule has 2 aliphatic rings. The molecule has 0 amide bonds. The highest BCUT2D eigenvalue weighted by molar-refractivity contribution is 7.71. The summed E-state index contributed by atoms with van der Waals surface area (Å²) in [5, 5.41) is 19.0. The highest BCUT2D eigenvalue weighted by Gasteiger charge is 2.64. The maximum absolute atomic E-state index is 12.1. The van der Waals surface area contributed by atoms with Crippen LogP contribution in [0.2, 0.25) is 0 Å². The molecule has 2 saturated heterocycles. The van der Waals surface area contributed by atoms with E-state index in [4.69, 9.17) is 29.4 Å². The first-order valence-electron chi connectivity index (χ1n) is 14.5. The Labute approximate surface area is 284 Å². The van der Waals surface area contributed by atoms with Crippen LogP contribution in [-0.2, 0) is 36.9 Å². The fourth-order valence-electron chi connectivity index (χ4n) is 5.10. The number of nitrogens with one attached hydrogen (secondary N) is 4. The Bertz CT molecular complexity index is 1660. The van der Waals surface area contributed by atoms with Crippen LogP contribution in [0.4, 0.5) is 23.3 Å². The average Bonchev–Trinajstić information content (AvgIpc) is 3.76. The highest BCUT2D eigenvalue weighted by Crippen LogP contribution is 2.73. The lowest BCUT2D eigenvalue weighted by atomic mass is 10.1. The van der Waals surface area contributed by atoms with Gasteiger partial charge in [-0.15, -0.1) is 0 Å². The normalized spacial score (nSPS) is 24.9. The second kappa shape index (κ2) is 16.4. The quantitative estimate of drug-likeness (QED) is 0.0445. The molecule has 5 rings (SSSR count). The molecule has 3 aromatic rings. The molecule has 7 atom stereocenters. The molecule has 5 heterocycles. The zero-order valence-electron chi connectivity index (χ0n) is 26.5. The van der Waals surface area contributed by atoms with Crippen molar-refractivity contribution in [2.45, 2.75) is 49.7 Å². The molecule has 2 fully saturated rings. The largest absolute Gasteiger partial charge is 0.649 e. The molecule has 3 aromatic heterocycles. The van der Waals surface area contributed by atoms with E-state index in [0.29, 0.717) is 29.8 Å². The second-order valence-electron chi connectivity index (χ2n) is 10.5. The number of aromatic amines is 1. The van der Waals surface area contributed by atoms with E-state index in [-0.39, 0.29) is 24.1 Å². The van der Waals surface area contributed by atoms with Crippen molar-refractivity contribution in [1.29, 1.82) is 0 Å². The number of nitrogens with two attached hydrogens (primary N) is 1. The smallest absolute Gasteiger partial charge is 0.386 e. The number of fused-ring (bicyclic) bond motifs is 1. The molecule has 0 spiro atoms. The summed E-state index contributed by atoms with van der Waals surface area (Å²) < 4.78 is 37.1. The topological polar surface area (TPSA) is 347 Å². The van der Waals surface area contributed by atoms with Gasteiger partial charge in [-0.05, 0) is 12.8 Å². The van der Waals surface area contributed by atoms with Crippen LogP contribution in [0.3, 0.4) is 0 Å². The van der Waals surface area contributed by atoms with Crippen LogP contribution >= 0.6 is 24.9 Å². The van der Waals surface area contributed by atoms with Crippen molar-refractivity contribution in [1.82, 2.24) is 29.5 Å². The van der Waals surface area contributed by atoms with Gasteiger partial charge in [0.2, 0.25) is 5.95 Å². The van der Waals surface area contributed by atoms with E-state index < -0.39 is 74.0 Å². The summed E-state index contributed by atoms with van der Waals surface area (Å²) in [5.41, 5.74) is 6.11. The molecule has 50 heavy (non-hydrogen) atoms. The van der Waals surface area contributed by atoms with Crippen molar-refractivity contribution in [3.8, 4) is 0 Å². The second-order valence-corrected chi connectivity index (χ2v) is 14.6. The first-order chi connectivity index (χ1) is 23.7. The molecule has 28 heteroatoms. The number of anilines is 4. The number of aliphatic hydroxyl groups is 1. The highest BCUT2D eigenvalue weighted by atomic mass is 31.3. The summed E-state index contributed by atoms with van der Waals surface area (Å²) in [6.07, 6.45) is -1.77. The molecule has 25 nitrogen and oxygen atoms in total. The Balaban J connectivity index is 1.06. The molecule has 12 N–H and O–H groups in total. The first-order valence-corrected chi connectivity index (χ1v) is 18.7. The monoisotopic (exact) mass is 774 g/mol. The van der Waals surface area contributed by atoms with E-state index in [1.165, 1.54) is 20.5 Å². The van der Waals surface area contributed by atoms with E-state index in [1.807, 2.05) is 0 Å². The van der Waals surface area contributed by atoms with Crippen LogP contribution in [0.25, 0.3) is 11.2 Å². The third-order valence-corrected chi connectivity index (χ3v) is 11.0. The SMILES string of the molecule is CNc1c(NC2OC(COP(O)O[P+](O)(O)O[P+](O)(O)OOCC3CCC(n4cnc5c(NC)ncnc54)O3)C(OC)C2O)nc(N)[nH]c1=O. The lowest BCUT2D eigenvalue weighted by molar-refractivity contribution is -0.247. The number of hydrogen-bond acceptors (Lipinski definition) is 23. The van der Waals surface area contributed by atoms with Crippen molar-refractivity contribution in [2.75, 3.05) is 56.1 Å². The number of hydrogen-bond donors (Lipinski definition) is 11. The number of methoxy groups -OCH3 is 1. The van der Waals surface area contributed by atoms with E-state index in [1.54, 1.807) is 17.9 Å². The average molecular weight is 775 g/mol. The molecule has 0 aromatic carbocycles. The maximum atomic E-state index is 12.1. The summed E-state index contributed by atoms with van der Waals surface area (Å²) in [7, 11) is -8.98. The number of rotatable bonds is 17. The Morgan fingerprint density at radius 2 is 1.88 bits per heavy atom. The molecule has 0 radical (unpaired) electrons. The Morgan fingerprint density at radius 3 is 2.60 bits per heavy atom. The first kappa shape index (κ1) is 38.6. The van der Waals surface area contributed by atoms with Crippen molar-refractivity contribution >= 4 is 59.4 Å². The summed E-state index contributed by atoms with van der Waals surface area (Å²) in [4.78, 5) is 86.4. The van der Waals surface area contributed by atoms with Gasteiger partial charge in [0.15, 0.2) is 23.5 Å². The Kier molecular flexibility index (Phi) is 12.6. The summed E-state index contributed by atoms with van der Waals surface area (Å²) in [6.45, 7) is -0.853. The van der Waals surface area contributed by atoms with Gasteiger partial charge in [-0.3, -0.25) is 14.3 Å². The Morgan fingerprint density at radius 1 is 1.10 bits per heavy atom. The lowest BCUT2D eigenvalue weighted by Crippen LogP contribution is -2.38. The minimum absolute atomic E-state index is 0.00240. The number of nitrogen functional groups attached to an aromatic ring is 1. The minimum atomic E-state index is -5.18. The van der Waals surface area contributed by atoms with E-state index in [2.05, 4.69) is 54.2 Å². The molecule has 2 aliphatic heterocycles. The van der Waals surface area contributed by atoms with Crippen LogP contribution in [0.5, 0.6) is 0 Å². The molecular weight excluding hydrogens is 737 g/mol. The summed E-state index contributed by atoms with van der Waals surface area (Å²) in [5.74, 6) is 0.300. The van der Waals surface area contributed by atoms with Crippen molar-refractivity contribution in [3.05, 3.63) is 23.0 Å². The van der Waals surface area contributed by atoms with Gasteiger partial charge in [-0.1, -0.05) is 4.31 Å². The fraction of sp³-hybridized carbons (Fsp3) is 0.591. The zero-order valence-corrected chi connectivity index (χ0v) is 29.1. The van der Waals surface area contributed by atoms with E-state index in [0.717, 1.165) is 0 Å². The number of ether oxygens (including phenoxy) is 3. The predicted octanol–water partition coefficient (Wildman–Crippen LogP) is -0.993. The van der Waals surface area contributed by atoms with Crippen LogP contribution in [0.1, 0.15) is 19.1 Å². The number of imidazole rings is 1. The Hall–Kier alpha value is -2.64. The number of aromatic nitrogens is 6. The molecule has 278 valence electrons. The van der Waals surface area contributed by atoms with Gasteiger partial charge < -0.3 is 50.4 Å².